The number of aryl methyl sites for hydroxylation is 2. The maximum Gasteiger partial charge on any atom is 0.0610 e. The summed E-state index contributed by atoms with van der Waals surface area (Å²) in [5.74, 6) is 0. The van der Waals surface area contributed by atoms with Crippen molar-refractivity contribution in [1.82, 2.24) is 4.98 Å². The van der Waals surface area contributed by atoms with Crippen LogP contribution in [0.1, 0.15) is 21.5 Å². The van der Waals surface area contributed by atoms with Crippen LogP contribution in [0.25, 0.3) is 0 Å². The SMILES string of the molecule is Cc1cc(C)nc(C(S(C)(C)C)S(C)(C)C)c1. The van der Waals surface area contributed by atoms with E-state index in [1.54, 1.807) is 0 Å². The van der Waals surface area contributed by atoms with Gasteiger partial charge in [-0.3, -0.25) is 4.98 Å². The molecule has 0 radical (unpaired) electrons. The Morgan fingerprint density at radius 2 is 1.35 bits per heavy atom. The van der Waals surface area contributed by atoms with Gasteiger partial charge < -0.3 is 0 Å². The second kappa shape index (κ2) is 4.85. The molecule has 0 aliphatic heterocycles. The van der Waals surface area contributed by atoms with E-state index < -0.39 is 20.1 Å². The molecule has 100 valence electrons. The van der Waals surface area contributed by atoms with E-state index in [1.165, 1.54) is 11.3 Å². The molecule has 0 spiro atoms. The van der Waals surface area contributed by atoms with E-state index in [2.05, 4.69) is 63.5 Å². The highest BCUT2D eigenvalue weighted by Crippen LogP contribution is 2.68. The monoisotopic (exact) mass is 273 g/mol. The van der Waals surface area contributed by atoms with E-state index in [0.717, 1.165) is 5.69 Å². The van der Waals surface area contributed by atoms with Crippen molar-refractivity contribution >= 4 is 20.1 Å². The molecule has 0 aliphatic carbocycles. The molecule has 0 fully saturated rings. The fourth-order valence-electron chi connectivity index (χ4n) is 2.58. The van der Waals surface area contributed by atoms with Crippen LogP contribution >= 0.6 is 20.1 Å². The first-order valence-corrected chi connectivity index (χ1v) is 11.7. The molecule has 1 nitrogen and oxygen atoms in total. The molecule has 0 bridgehead atoms. The standard InChI is InChI=1S/C14H27NS2/c1-11-9-12(2)15-13(10-11)14(16(3,4)5)17(6,7)8/h9-10,14H,1-8H3. The molecule has 0 aromatic carbocycles. The predicted octanol–water partition coefficient (Wildman–Crippen LogP) is 4.09. The van der Waals surface area contributed by atoms with Gasteiger partial charge in [-0.05, 0) is 69.1 Å². The van der Waals surface area contributed by atoms with E-state index in [0.29, 0.717) is 4.58 Å². The lowest BCUT2D eigenvalue weighted by atomic mass is 10.2. The van der Waals surface area contributed by atoms with Crippen LogP contribution in [-0.2, 0) is 0 Å². The number of rotatable bonds is 3. The fourth-order valence-corrected chi connectivity index (χ4v) is 11.2. The third-order valence-electron chi connectivity index (χ3n) is 2.64. The highest BCUT2D eigenvalue weighted by atomic mass is 32.3. The van der Waals surface area contributed by atoms with E-state index in [1.807, 2.05) is 0 Å². The van der Waals surface area contributed by atoms with Crippen LogP contribution in [0, 0.1) is 13.8 Å². The van der Waals surface area contributed by atoms with Gasteiger partial charge in [0.25, 0.3) is 0 Å². The van der Waals surface area contributed by atoms with E-state index in [9.17, 15) is 0 Å². The summed E-state index contributed by atoms with van der Waals surface area (Å²) in [4.78, 5) is 4.81. The Hall–Kier alpha value is -0.150. The minimum absolute atomic E-state index is 0.633. The van der Waals surface area contributed by atoms with Crippen LogP contribution in [0.15, 0.2) is 12.1 Å². The summed E-state index contributed by atoms with van der Waals surface area (Å²) in [5.41, 5.74) is 3.80. The normalized spacial score (nSPS) is 15.1. The van der Waals surface area contributed by atoms with Crippen molar-refractivity contribution in [2.45, 2.75) is 18.4 Å². The molecule has 1 aromatic heterocycles. The average Bonchev–Trinajstić information content (AvgIpc) is 1.93. The van der Waals surface area contributed by atoms with Gasteiger partial charge in [-0.2, -0.15) is 0 Å². The number of nitrogens with zero attached hydrogens (tertiary/aromatic N) is 1. The molecule has 0 unspecified atom stereocenters. The maximum absolute atomic E-state index is 4.81. The van der Waals surface area contributed by atoms with Crippen LogP contribution in [0.5, 0.6) is 0 Å². The largest absolute Gasteiger partial charge is 0.256 e. The Kier molecular flexibility index (Phi) is 4.25. The quantitative estimate of drug-likeness (QED) is 0.808. The van der Waals surface area contributed by atoms with Crippen molar-refractivity contribution in [1.29, 1.82) is 0 Å². The maximum atomic E-state index is 4.81. The number of pyridine rings is 1. The molecule has 1 heterocycles. The number of aromatic nitrogens is 1. The smallest absolute Gasteiger partial charge is 0.0610 e. The molecule has 0 saturated heterocycles. The lowest BCUT2D eigenvalue weighted by Gasteiger charge is -2.47. The molecule has 1 aromatic rings. The van der Waals surface area contributed by atoms with Crippen LogP contribution < -0.4 is 0 Å². The molecule has 17 heavy (non-hydrogen) atoms. The van der Waals surface area contributed by atoms with Gasteiger partial charge in [-0.1, -0.05) is 0 Å². The van der Waals surface area contributed by atoms with E-state index in [4.69, 9.17) is 4.98 Å². The first kappa shape index (κ1) is 14.9. The van der Waals surface area contributed by atoms with Gasteiger partial charge in [-0.15, -0.1) is 0 Å². The third-order valence-corrected chi connectivity index (χ3v) is 9.16. The van der Waals surface area contributed by atoms with Gasteiger partial charge >= 0.3 is 0 Å². The second-order valence-corrected chi connectivity index (χ2v) is 15.4. The summed E-state index contributed by atoms with van der Waals surface area (Å²) in [7, 11) is -1.27. The molecule has 3 heteroatoms. The molecule has 1 rings (SSSR count). The zero-order chi connectivity index (χ0) is 13.4. The zero-order valence-electron chi connectivity index (χ0n) is 12.5. The summed E-state index contributed by atoms with van der Waals surface area (Å²) >= 11 is 0. The van der Waals surface area contributed by atoms with Crippen molar-refractivity contribution in [2.75, 3.05) is 37.5 Å². The first-order chi connectivity index (χ1) is 7.51. The summed E-state index contributed by atoms with van der Waals surface area (Å²) in [6.07, 6.45) is 14.5. The lowest BCUT2D eigenvalue weighted by molar-refractivity contribution is 1.07. The first-order valence-electron chi connectivity index (χ1n) is 5.81. The predicted molar refractivity (Wildman–Crippen MR) is 87.2 cm³/mol. The van der Waals surface area contributed by atoms with Crippen LogP contribution in [0.2, 0.25) is 0 Å². The van der Waals surface area contributed by atoms with Crippen LogP contribution in [-0.4, -0.2) is 42.5 Å². The van der Waals surface area contributed by atoms with Gasteiger partial charge in [0.2, 0.25) is 0 Å². The van der Waals surface area contributed by atoms with Crippen molar-refractivity contribution < 1.29 is 0 Å². The third kappa shape index (κ3) is 3.92. The van der Waals surface area contributed by atoms with Crippen LogP contribution in [0.3, 0.4) is 0 Å². The lowest BCUT2D eigenvalue weighted by Crippen LogP contribution is -2.16. The number of hydrogen-bond donors (Lipinski definition) is 0. The molecule has 0 atom stereocenters. The summed E-state index contributed by atoms with van der Waals surface area (Å²) < 4.78 is 0.633. The topological polar surface area (TPSA) is 12.9 Å². The summed E-state index contributed by atoms with van der Waals surface area (Å²) in [6.45, 7) is 4.27. The van der Waals surface area contributed by atoms with Gasteiger partial charge in [0, 0.05) is 5.69 Å². The minimum Gasteiger partial charge on any atom is -0.256 e. The van der Waals surface area contributed by atoms with Crippen molar-refractivity contribution in [3.05, 3.63) is 29.1 Å². The molecule has 0 N–H and O–H groups in total. The number of hydrogen-bond acceptors (Lipinski definition) is 1. The Bertz CT molecular complexity index is 365. The Balaban J connectivity index is 3.33. The Morgan fingerprint density at radius 1 is 0.882 bits per heavy atom. The van der Waals surface area contributed by atoms with E-state index in [-0.39, 0.29) is 0 Å². The fraction of sp³-hybridized carbons (Fsp3) is 0.643. The van der Waals surface area contributed by atoms with Gasteiger partial charge in [0.15, 0.2) is 0 Å². The molecular formula is C14H27NS2. The van der Waals surface area contributed by atoms with Gasteiger partial charge in [0.1, 0.15) is 0 Å². The average molecular weight is 274 g/mol. The zero-order valence-corrected chi connectivity index (χ0v) is 14.1. The minimum atomic E-state index is -0.635. The highest BCUT2D eigenvalue weighted by molar-refractivity contribution is 8.47. The van der Waals surface area contributed by atoms with Crippen molar-refractivity contribution in [3.63, 3.8) is 0 Å². The molecule has 0 aliphatic rings. The summed E-state index contributed by atoms with van der Waals surface area (Å²) in [5, 5.41) is 0. The second-order valence-electron chi connectivity index (χ2n) is 6.41. The Labute approximate surface area is 110 Å². The molecule has 0 saturated carbocycles. The van der Waals surface area contributed by atoms with Crippen molar-refractivity contribution in [2.24, 2.45) is 0 Å². The van der Waals surface area contributed by atoms with Gasteiger partial charge in [0.05, 0.1) is 10.3 Å². The highest BCUT2D eigenvalue weighted by Gasteiger charge is 2.31. The summed E-state index contributed by atoms with van der Waals surface area (Å²) in [6, 6.07) is 4.45. The van der Waals surface area contributed by atoms with Gasteiger partial charge in [-0.25, -0.2) is 20.1 Å². The van der Waals surface area contributed by atoms with Crippen molar-refractivity contribution in [3.8, 4) is 0 Å². The Morgan fingerprint density at radius 3 is 1.71 bits per heavy atom. The molecule has 0 amide bonds. The molecular weight excluding hydrogens is 246 g/mol. The van der Waals surface area contributed by atoms with Crippen LogP contribution in [0.4, 0.5) is 0 Å². The van der Waals surface area contributed by atoms with E-state index >= 15 is 0 Å².